The summed E-state index contributed by atoms with van der Waals surface area (Å²) in [7, 11) is 2.54. The first-order valence-electron chi connectivity index (χ1n) is 16.9. The Labute approximate surface area is 282 Å². The third-order valence-electron chi connectivity index (χ3n) is 8.69. The summed E-state index contributed by atoms with van der Waals surface area (Å²) >= 11 is 0. The maximum absolute atomic E-state index is 2.50. The Balaban J connectivity index is 2.30. The van der Waals surface area contributed by atoms with Crippen LogP contribution in [0.4, 0.5) is 0 Å². The molecule has 0 saturated heterocycles. The second-order valence-electron chi connectivity index (χ2n) is 19.3. The second kappa shape index (κ2) is 12.7. The molecule has 0 fully saturated rings. The lowest BCUT2D eigenvalue weighted by Crippen LogP contribution is -2.31. The Bertz CT molecular complexity index is 1470. The molecule has 0 amide bonds. The summed E-state index contributed by atoms with van der Waals surface area (Å²) in [5.74, 6) is 2.48. The van der Waals surface area contributed by atoms with Crippen LogP contribution in [0, 0.1) is 0 Å². The van der Waals surface area contributed by atoms with E-state index in [4.69, 9.17) is 0 Å². The van der Waals surface area contributed by atoms with E-state index in [1.165, 1.54) is 71.6 Å². The molecule has 0 nitrogen and oxygen atoms in total. The van der Waals surface area contributed by atoms with Gasteiger partial charge in [-0.15, -0.1) is 0 Å². The van der Waals surface area contributed by atoms with E-state index in [0.717, 1.165) is 0 Å². The highest BCUT2D eigenvalue weighted by atomic mass is 31.1. The van der Waals surface area contributed by atoms with Gasteiger partial charge in [0.05, 0.1) is 0 Å². The molecule has 246 valence electrons. The van der Waals surface area contributed by atoms with Crippen molar-refractivity contribution >= 4 is 38.5 Å². The summed E-state index contributed by atoms with van der Waals surface area (Å²) in [6, 6.07) is 19.1. The van der Waals surface area contributed by atoms with E-state index in [0.29, 0.717) is 0 Å². The van der Waals surface area contributed by atoms with E-state index in [-0.39, 0.29) is 32.5 Å². The summed E-state index contributed by atoms with van der Waals surface area (Å²) in [5, 5.41) is 4.32. The molecule has 0 heterocycles. The number of benzene rings is 3. The quantitative estimate of drug-likeness (QED) is 0.249. The normalized spacial score (nSPS) is 14.3. The van der Waals surface area contributed by atoms with E-state index >= 15 is 0 Å². The van der Waals surface area contributed by atoms with Crippen LogP contribution in [-0.2, 0) is 32.5 Å². The molecule has 2 heteroatoms. The van der Waals surface area contributed by atoms with Crippen LogP contribution < -0.4 is 15.9 Å². The van der Waals surface area contributed by atoms with Crippen LogP contribution in [0.15, 0.2) is 48.5 Å². The molecule has 3 aromatic rings. The summed E-state index contributed by atoms with van der Waals surface area (Å²) < 4.78 is 0. The van der Waals surface area contributed by atoms with Crippen molar-refractivity contribution in [1.82, 2.24) is 0 Å². The van der Waals surface area contributed by atoms with Crippen molar-refractivity contribution < 1.29 is 0 Å². The SMILES string of the molecule is CC(C)(C)c1cc(C(C)(C)C)c(P=Cc2ccccc2[P-]c2c(C(C)(C)C)cc(C(C)(C)C)cc2C(C)(C)C)c(C(C)(C)C)c1. The maximum Gasteiger partial charge on any atom is 0.00929 e. The standard InChI is InChI=1S/C43H63P2/c1-38(2,3)29-23-31(40(7,8)9)36(32(24-29)41(10,11)12)44-27-28-21-19-20-22-35(28)45-37-33(42(13,14)15)25-30(39(4,5)6)26-34(37)43(16,17)18/h19-27H,1-18H3/q-1. The van der Waals surface area contributed by atoms with Gasteiger partial charge in [0, 0.05) is 5.30 Å². The lowest BCUT2D eigenvalue weighted by Gasteiger charge is -2.40. The monoisotopic (exact) mass is 641 g/mol. The zero-order valence-electron chi connectivity index (χ0n) is 32.1. The molecular formula is C43H63P2-. The second-order valence-corrected chi connectivity index (χ2v) is 21.4. The van der Waals surface area contributed by atoms with Gasteiger partial charge in [-0.1, -0.05) is 192 Å². The van der Waals surface area contributed by atoms with Crippen LogP contribution in [0.2, 0.25) is 0 Å². The van der Waals surface area contributed by atoms with E-state index in [2.05, 4.69) is 179 Å². The first kappa shape index (κ1) is 37.7. The van der Waals surface area contributed by atoms with Crippen LogP contribution in [0.5, 0.6) is 0 Å². The Morgan fingerprint density at radius 1 is 0.467 bits per heavy atom. The fourth-order valence-electron chi connectivity index (χ4n) is 5.63. The van der Waals surface area contributed by atoms with Gasteiger partial charge >= 0.3 is 0 Å². The molecule has 0 N–H and O–H groups in total. The molecule has 0 aliphatic rings. The molecule has 0 bridgehead atoms. The molecule has 0 atom stereocenters. The summed E-state index contributed by atoms with van der Waals surface area (Å²) in [6.07, 6.45) is 0. The number of hydrogen-bond acceptors (Lipinski definition) is 0. The van der Waals surface area contributed by atoms with Crippen LogP contribution in [0.1, 0.15) is 164 Å². The van der Waals surface area contributed by atoms with Crippen molar-refractivity contribution in [2.24, 2.45) is 0 Å². The molecule has 0 saturated carbocycles. The molecule has 3 rings (SSSR count). The Kier molecular flexibility index (Phi) is 10.6. The number of hydrogen-bond donors (Lipinski definition) is 0. The maximum atomic E-state index is 2.50. The van der Waals surface area contributed by atoms with Gasteiger partial charge in [0.2, 0.25) is 0 Å². The molecular weight excluding hydrogens is 578 g/mol. The van der Waals surface area contributed by atoms with Gasteiger partial charge in [-0.05, 0) is 66.1 Å². The molecule has 0 radical (unpaired) electrons. The highest BCUT2D eigenvalue weighted by Crippen LogP contribution is 2.38. The summed E-state index contributed by atoms with van der Waals surface area (Å²) in [4.78, 5) is 0. The van der Waals surface area contributed by atoms with Gasteiger partial charge in [-0.3, -0.25) is 0 Å². The molecule has 0 spiro atoms. The predicted octanol–water partition coefficient (Wildman–Crippen LogP) is 11.8. The van der Waals surface area contributed by atoms with Gasteiger partial charge in [0.25, 0.3) is 0 Å². The van der Waals surface area contributed by atoms with Crippen LogP contribution in [0.3, 0.4) is 0 Å². The Morgan fingerprint density at radius 3 is 1.18 bits per heavy atom. The average molecular weight is 642 g/mol. The third-order valence-corrected chi connectivity index (χ3v) is 11.2. The fraction of sp³-hybridized carbons (Fsp3) is 0.558. The van der Waals surface area contributed by atoms with Crippen molar-refractivity contribution in [3.8, 4) is 0 Å². The minimum atomic E-state index is 0.0402. The first-order valence-corrected chi connectivity index (χ1v) is 18.7. The lowest BCUT2D eigenvalue weighted by molar-refractivity contribution is 0.553. The van der Waals surface area contributed by atoms with Crippen molar-refractivity contribution in [3.05, 3.63) is 87.5 Å². The van der Waals surface area contributed by atoms with Crippen molar-refractivity contribution in [2.75, 3.05) is 0 Å². The van der Waals surface area contributed by atoms with Crippen molar-refractivity contribution in [1.29, 1.82) is 0 Å². The smallest absolute Gasteiger partial charge is 0.00929 e. The van der Waals surface area contributed by atoms with Gasteiger partial charge in [0.1, 0.15) is 0 Å². The number of rotatable bonds is 4. The molecule has 0 aliphatic carbocycles. The highest BCUT2D eigenvalue weighted by molar-refractivity contribution is 7.56. The topological polar surface area (TPSA) is 0 Å². The van der Waals surface area contributed by atoms with Crippen molar-refractivity contribution in [3.63, 3.8) is 0 Å². The summed E-state index contributed by atoms with van der Waals surface area (Å²) in [6.45, 7) is 42.5. The zero-order valence-corrected chi connectivity index (χ0v) is 33.9. The molecule has 0 unspecified atom stereocenters. The highest BCUT2D eigenvalue weighted by Gasteiger charge is 2.29. The minimum Gasteiger partial charge on any atom is -0.471 e. The van der Waals surface area contributed by atoms with Crippen LogP contribution in [-0.4, -0.2) is 5.80 Å². The first-order chi connectivity index (χ1) is 20.1. The molecule has 45 heavy (non-hydrogen) atoms. The predicted molar refractivity (Wildman–Crippen MR) is 209 cm³/mol. The van der Waals surface area contributed by atoms with E-state index in [1.807, 2.05) is 0 Å². The Morgan fingerprint density at radius 2 is 0.822 bits per heavy atom. The Hall–Kier alpha value is -1.74. The van der Waals surface area contributed by atoms with Crippen molar-refractivity contribution in [2.45, 2.75) is 157 Å². The largest absolute Gasteiger partial charge is 0.471 e. The fourth-order valence-corrected chi connectivity index (χ4v) is 9.02. The average Bonchev–Trinajstić information content (AvgIpc) is 2.84. The third kappa shape index (κ3) is 9.21. The molecule has 3 aromatic carbocycles. The van der Waals surface area contributed by atoms with Gasteiger partial charge < -0.3 is 8.58 Å². The van der Waals surface area contributed by atoms with E-state index in [1.54, 1.807) is 0 Å². The van der Waals surface area contributed by atoms with Gasteiger partial charge in [0.15, 0.2) is 0 Å². The minimum absolute atomic E-state index is 0.0402. The molecule has 0 aliphatic heterocycles. The van der Waals surface area contributed by atoms with Crippen LogP contribution in [0.25, 0.3) is 0 Å². The molecule has 0 aromatic heterocycles. The van der Waals surface area contributed by atoms with E-state index < -0.39 is 0 Å². The van der Waals surface area contributed by atoms with Gasteiger partial charge in [-0.25, -0.2) is 0 Å². The van der Waals surface area contributed by atoms with E-state index in [9.17, 15) is 0 Å². The lowest BCUT2D eigenvalue weighted by atomic mass is 9.75. The summed E-state index contributed by atoms with van der Waals surface area (Å²) in [5.41, 5.74) is 10.4. The van der Waals surface area contributed by atoms with Gasteiger partial charge in [-0.2, -0.15) is 10.6 Å². The van der Waals surface area contributed by atoms with Crippen LogP contribution >= 0.6 is 16.8 Å². The zero-order chi connectivity index (χ0) is 34.6.